The maximum Gasteiger partial charge on any atom is 0.224 e. The van der Waals surface area contributed by atoms with Crippen LogP contribution >= 0.6 is 0 Å². The van der Waals surface area contributed by atoms with Crippen LogP contribution < -0.4 is 10.6 Å². The Morgan fingerprint density at radius 1 is 1.53 bits per heavy atom. The van der Waals surface area contributed by atoms with E-state index < -0.39 is 0 Å². The molecule has 0 saturated carbocycles. The van der Waals surface area contributed by atoms with Crippen molar-refractivity contribution < 1.29 is 9.53 Å². The third kappa shape index (κ3) is 2.78. The fourth-order valence-corrected chi connectivity index (χ4v) is 3.85. The third-order valence-electron chi connectivity index (χ3n) is 4.83. The van der Waals surface area contributed by atoms with Gasteiger partial charge in [0.15, 0.2) is 0 Å². The first kappa shape index (κ1) is 13.3. The molecule has 0 bridgehead atoms. The molecule has 3 saturated heterocycles. The van der Waals surface area contributed by atoms with Gasteiger partial charge in [-0.15, -0.1) is 0 Å². The van der Waals surface area contributed by atoms with Gasteiger partial charge in [-0.1, -0.05) is 0 Å². The molecule has 3 fully saturated rings. The molecule has 3 rings (SSSR count). The van der Waals surface area contributed by atoms with Crippen LogP contribution in [0.4, 0.5) is 0 Å². The summed E-state index contributed by atoms with van der Waals surface area (Å²) in [6.07, 6.45) is 3.31. The van der Waals surface area contributed by atoms with Gasteiger partial charge in [0, 0.05) is 31.2 Å². The summed E-state index contributed by atoms with van der Waals surface area (Å²) in [5, 5.41) is 6.55. The zero-order valence-electron chi connectivity index (χ0n) is 11.7. The SMILES string of the molecule is CC(CC1COCCN1)N1CCCC2C(=O)NCC21. The number of morpholine rings is 1. The number of hydrogen-bond donors (Lipinski definition) is 2. The highest BCUT2D eigenvalue weighted by atomic mass is 16.5. The van der Waals surface area contributed by atoms with E-state index in [-0.39, 0.29) is 11.8 Å². The van der Waals surface area contributed by atoms with Gasteiger partial charge in [0.2, 0.25) is 5.91 Å². The highest BCUT2D eigenvalue weighted by Gasteiger charge is 2.42. The lowest BCUT2D eigenvalue weighted by atomic mass is 9.89. The molecular weight excluding hydrogens is 242 g/mol. The van der Waals surface area contributed by atoms with Gasteiger partial charge in [0.1, 0.15) is 0 Å². The maximum atomic E-state index is 11.8. The first-order valence-electron chi connectivity index (χ1n) is 7.60. The van der Waals surface area contributed by atoms with Crippen LogP contribution in [0.25, 0.3) is 0 Å². The largest absolute Gasteiger partial charge is 0.379 e. The molecular formula is C14H25N3O2. The number of nitrogens with one attached hydrogen (secondary N) is 2. The third-order valence-corrected chi connectivity index (χ3v) is 4.83. The normalized spacial score (nSPS) is 37.7. The lowest BCUT2D eigenvalue weighted by Gasteiger charge is -2.41. The Morgan fingerprint density at radius 2 is 2.42 bits per heavy atom. The lowest BCUT2D eigenvalue weighted by Crippen LogP contribution is -2.52. The summed E-state index contributed by atoms with van der Waals surface area (Å²) in [7, 11) is 0. The van der Waals surface area contributed by atoms with Crippen molar-refractivity contribution in [2.45, 2.75) is 44.3 Å². The maximum absolute atomic E-state index is 11.8. The average Bonchev–Trinajstić information content (AvgIpc) is 2.82. The quantitative estimate of drug-likeness (QED) is 0.754. The van der Waals surface area contributed by atoms with Gasteiger partial charge >= 0.3 is 0 Å². The Balaban J connectivity index is 1.59. The molecule has 0 spiro atoms. The van der Waals surface area contributed by atoms with Crippen molar-refractivity contribution in [2.75, 3.05) is 32.8 Å². The zero-order chi connectivity index (χ0) is 13.2. The number of ether oxygens (including phenoxy) is 1. The van der Waals surface area contributed by atoms with Gasteiger partial charge in [-0.2, -0.15) is 0 Å². The average molecular weight is 267 g/mol. The number of rotatable bonds is 3. The molecule has 0 aromatic heterocycles. The van der Waals surface area contributed by atoms with E-state index >= 15 is 0 Å². The molecule has 4 atom stereocenters. The number of carbonyl (C=O) groups excluding carboxylic acids is 1. The molecule has 0 aliphatic carbocycles. The van der Waals surface area contributed by atoms with Crippen LogP contribution in [0.1, 0.15) is 26.2 Å². The minimum atomic E-state index is 0.228. The van der Waals surface area contributed by atoms with Gasteiger partial charge in [0.25, 0.3) is 0 Å². The highest BCUT2D eigenvalue weighted by Crippen LogP contribution is 2.29. The fraction of sp³-hybridized carbons (Fsp3) is 0.929. The number of likely N-dealkylation sites (tertiary alicyclic amines) is 1. The molecule has 2 N–H and O–H groups in total. The summed E-state index contributed by atoms with van der Waals surface area (Å²) in [6, 6.07) is 1.40. The van der Waals surface area contributed by atoms with Gasteiger partial charge in [-0.05, 0) is 32.7 Å². The lowest BCUT2D eigenvalue weighted by molar-refractivity contribution is -0.124. The molecule has 19 heavy (non-hydrogen) atoms. The van der Waals surface area contributed by atoms with E-state index in [0.29, 0.717) is 18.1 Å². The van der Waals surface area contributed by atoms with Crippen LogP contribution in [-0.2, 0) is 9.53 Å². The minimum absolute atomic E-state index is 0.228. The molecule has 0 aromatic rings. The zero-order valence-corrected chi connectivity index (χ0v) is 11.7. The van der Waals surface area contributed by atoms with Crippen molar-refractivity contribution in [1.82, 2.24) is 15.5 Å². The van der Waals surface area contributed by atoms with Gasteiger partial charge in [-0.25, -0.2) is 0 Å². The first-order chi connectivity index (χ1) is 9.25. The number of nitrogens with zero attached hydrogens (tertiary/aromatic N) is 1. The van der Waals surface area contributed by atoms with Crippen LogP contribution in [0.5, 0.6) is 0 Å². The van der Waals surface area contributed by atoms with Crippen molar-refractivity contribution in [3.05, 3.63) is 0 Å². The Kier molecular flexibility index (Phi) is 4.05. The Morgan fingerprint density at radius 3 is 3.21 bits per heavy atom. The number of fused-ring (bicyclic) bond motifs is 1. The Hall–Kier alpha value is -0.650. The van der Waals surface area contributed by atoms with Crippen molar-refractivity contribution in [1.29, 1.82) is 0 Å². The second-order valence-electron chi connectivity index (χ2n) is 6.11. The second-order valence-corrected chi connectivity index (χ2v) is 6.11. The molecule has 0 radical (unpaired) electrons. The predicted octanol–water partition coefficient (Wildman–Crippen LogP) is -0.0362. The molecule has 5 nitrogen and oxygen atoms in total. The molecule has 3 aliphatic rings. The molecule has 3 heterocycles. The molecule has 1 amide bonds. The summed E-state index contributed by atoms with van der Waals surface area (Å²) >= 11 is 0. The fourth-order valence-electron chi connectivity index (χ4n) is 3.85. The molecule has 0 aromatic carbocycles. The standard InChI is InChI=1S/C14H25N3O2/c1-10(7-11-9-19-6-4-15-11)17-5-2-3-12-13(17)8-16-14(12)18/h10-13,15H,2-9H2,1H3,(H,16,18). The summed E-state index contributed by atoms with van der Waals surface area (Å²) in [4.78, 5) is 14.3. The number of carbonyl (C=O) groups is 1. The number of amides is 1. The highest BCUT2D eigenvalue weighted by molar-refractivity contribution is 5.82. The van der Waals surface area contributed by atoms with E-state index in [1.807, 2.05) is 0 Å². The second kappa shape index (κ2) is 5.77. The number of hydrogen-bond acceptors (Lipinski definition) is 4. The molecule has 4 unspecified atom stereocenters. The van der Waals surface area contributed by atoms with Crippen molar-refractivity contribution in [3.63, 3.8) is 0 Å². The van der Waals surface area contributed by atoms with E-state index in [1.54, 1.807) is 0 Å². The summed E-state index contributed by atoms with van der Waals surface area (Å²) < 4.78 is 5.53. The monoisotopic (exact) mass is 267 g/mol. The van der Waals surface area contributed by atoms with Crippen molar-refractivity contribution in [2.24, 2.45) is 5.92 Å². The minimum Gasteiger partial charge on any atom is -0.379 e. The van der Waals surface area contributed by atoms with E-state index in [1.165, 1.54) is 0 Å². The number of piperidine rings is 1. The van der Waals surface area contributed by atoms with E-state index in [9.17, 15) is 4.79 Å². The summed E-state index contributed by atoms with van der Waals surface area (Å²) in [5.41, 5.74) is 0. The summed E-state index contributed by atoms with van der Waals surface area (Å²) in [6.45, 7) is 6.87. The van der Waals surface area contributed by atoms with Crippen LogP contribution in [0.3, 0.4) is 0 Å². The molecule has 3 aliphatic heterocycles. The van der Waals surface area contributed by atoms with E-state index in [4.69, 9.17) is 4.74 Å². The van der Waals surface area contributed by atoms with Gasteiger partial charge < -0.3 is 15.4 Å². The van der Waals surface area contributed by atoms with Gasteiger partial charge in [0.05, 0.1) is 19.1 Å². The van der Waals surface area contributed by atoms with E-state index in [0.717, 1.165) is 52.1 Å². The Bertz CT molecular complexity index is 331. The molecule has 5 heteroatoms. The van der Waals surface area contributed by atoms with Crippen molar-refractivity contribution >= 4 is 5.91 Å². The first-order valence-corrected chi connectivity index (χ1v) is 7.60. The Labute approximate surface area is 115 Å². The van der Waals surface area contributed by atoms with Crippen LogP contribution in [0.2, 0.25) is 0 Å². The van der Waals surface area contributed by atoms with Crippen LogP contribution in [0.15, 0.2) is 0 Å². The molecule has 108 valence electrons. The van der Waals surface area contributed by atoms with Crippen LogP contribution in [-0.4, -0.2) is 61.8 Å². The predicted molar refractivity (Wildman–Crippen MR) is 72.9 cm³/mol. The topological polar surface area (TPSA) is 53.6 Å². The van der Waals surface area contributed by atoms with E-state index in [2.05, 4.69) is 22.5 Å². The summed E-state index contributed by atoms with van der Waals surface area (Å²) in [5.74, 6) is 0.493. The van der Waals surface area contributed by atoms with Crippen molar-refractivity contribution in [3.8, 4) is 0 Å². The smallest absolute Gasteiger partial charge is 0.224 e. The van der Waals surface area contributed by atoms with Gasteiger partial charge in [-0.3, -0.25) is 9.69 Å². The van der Waals surface area contributed by atoms with Crippen LogP contribution in [0, 0.1) is 5.92 Å².